The van der Waals surface area contributed by atoms with Gasteiger partial charge in [-0.15, -0.1) is 0 Å². The third kappa shape index (κ3) is 3.19. The molecule has 1 amide bonds. The van der Waals surface area contributed by atoms with Gasteiger partial charge in [0.2, 0.25) is 0 Å². The Hall–Kier alpha value is -2.83. The van der Waals surface area contributed by atoms with Gasteiger partial charge in [0, 0.05) is 18.3 Å². The van der Waals surface area contributed by atoms with Crippen LogP contribution in [0.15, 0.2) is 30.6 Å². The summed E-state index contributed by atoms with van der Waals surface area (Å²) in [5.41, 5.74) is 6.56. The molecular weight excluding hydrogens is 277 g/mol. The number of halogens is 1. The molecule has 21 heavy (non-hydrogen) atoms. The van der Waals surface area contributed by atoms with Gasteiger partial charge in [-0.1, -0.05) is 0 Å². The monoisotopic (exact) mass is 291 g/mol. The van der Waals surface area contributed by atoms with Crippen LogP contribution in [0.4, 0.5) is 15.8 Å². The molecule has 0 saturated heterocycles. The highest BCUT2D eigenvalue weighted by Crippen LogP contribution is 2.34. The van der Waals surface area contributed by atoms with Crippen molar-refractivity contribution >= 4 is 17.3 Å². The van der Waals surface area contributed by atoms with Crippen molar-refractivity contribution in [3.05, 3.63) is 42.0 Å². The topological polar surface area (TPSA) is 86.5 Å². The Morgan fingerprint density at radius 3 is 2.48 bits per heavy atom. The number of nitrogens with two attached hydrogens (primary N) is 1. The number of ether oxygens (including phenoxy) is 2. The maximum Gasteiger partial charge on any atom is 0.257 e. The predicted octanol–water partition coefficient (Wildman–Crippen LogP) is 2.07. The molecule has 0 fully saturated rings. The first kappa shape index (κ1) is 14.6. The number of nitrogen functional groups attached to an aromatic ring is 1. The summed E-state index contributed by atoms with van der Waals surface area (Å²) in [6, 6.07) is 4.14. The SMILES string of the molecule is COc1cc(N)c(NC(=O)c2cncc(F)c2)cc1OC. The zero-order chi connectivity index (χ0) is 15.4. The first-order chi connectivity index (χ1) is 10.0. The number of anilines is 2. The fourth-order valence-electron chi connectivity index (χ4n) is 1.73. The van der Waals surface area contributed by atoms with Crippen molar-refractivity contribution in [1.29, 1.82) is 0 Å². The predicted molar refractivity (Wildman–Crippen MR) is 76.1 cm³/mol. The Labute approximate surface area is 120 Å². The van der Waals surface area contributed by atoms with Crippen LogP contribution < -0.4 is 20.5 Å². The van der Waals surface area contributed by atoms with Crippen LogP contribution in [0.1, 0.15) is 10.4 Å². The normalized spacial score (nSPS) is 10.0. The molecule has 2 aromatic rings. The number of rotatable bonds is 4. The maximum atomic E-state index is 13.1. The van der Waals surface area contributed by atoms with E-state index < -0.39 is 11.7 Å². The van der Waals surface area contributed by atoms with Crippen molar-refractivity contribution in [3.63, 3.8) is 0 Å². The molecule has 7 heteroatoms. The first-order valence-electron chi connectivity index (χ1n) is 5.98. The van der Waals surface area contributed by atoms with Crippen molar-refractivity contribution in [3.8, 4) is 11.5 Å². The van der Waals surface area contributed by atoms with E-state index >= 15 is 0 Å². The van der Waals surface area contributed by atoms with Gasteiger partial charge >= 0.3 is 0 Å². The summed E-state index contributed by atoms with van der Waals surface area (Å²) >= 11 is 0. The number of hydrogen-bond donors (Lipinski definition) is 2. The van der Waals surface area contributed by atoms with E-state index in [-0.39, 0.29) is 5.56 Å². The van der Waals surface area contributed by atoms with E-state index in [9.17, 15) is 9.18 Å². The fraction of sp³-hybridized carbons (Fsp3) is 0.143. The Kier molecular flexibility index (Phi) is 4.22. The molecule has 0 aliphatic heterocycles. The van der Waals surface area contributed by atoms with Crippen LogP contribution in [0, 0.1) is 5.82 Å². The lowest BCUT2D eigenvalue weighted by Crippen LogP contribution is -2.14. The lowest BCUT2D eigenvalue weighted by Gasteiger charge is -2.13. The van der Waals surface area contributed by atoms with Gasteiger partial charge in [0.15, 0.2) is 11.5 Å². The van der Waals surface area contributed by atoms with Gasteiger partial charge < -0.3 is 20.5 Å². The van der Waals surface area contributed by atoms with Crippen LogP contribution in [0.25, 0.3) is 0 Å². The molecule has 0 aliphatic rings. The molecule has 1 aromatic heterocycles. The minimum atomic E-state index is -0.595. The van der Waals surface area contributed by atoms with Crippen molar-refractivity contribution in [2.24, 2.45) is 0 Å². The number of nitrogens with one attached hydrogen (secondary N) is 1. The first-order valence-corrected chi connectivity index (χ1v) is 5.98. The number of carbonyl (C=O) groups is 1. The number of amides is 1. The van der Waals surface area contributed by atoms with Gasteiger partial charge in [-0.2, -0.15) is 0 Å². The van der Waals surface area contributed by atoms with Crippen LogP contribution in [-0.2, 0) is 0 Å². The van der Waals surface area contributed by atoms with E-state index in [1.54, 1.807) is 0 Å². The molecule has 3 N–H and O–H groups in total. The van der Waals surface area contributed by atoms with Gasteiger partial charge in [-0.05, 0) is 6.07 Å². The van der Waals surface area contributed by atoms with E-state index in [0.29, 0.717) is 22.9 Å². The molecule has 0 spiro atoms. The van der Waals surface area contributed by atoms with Crippen molar-refractivity contribution in [2.45, 2.75) is 0 Å². The number of nitrogens with zero attached hydrogens (tertiary/aromatic N) is 1. The lowest BCUT2D eigenvalue weighted by molar-refractivity contribution is 0.102. The van der Waals surface area contributed by atoms with Gasteiger partial charge in [-0.25, -0.2) is 4.39 Å². The molecule has 0 atom stereocenters. The van der Waals surface area contributed by atoms with E-state index in [0.717, 1.165) is 12.3 Å². The third-order valence-corrected chi connectivity index (χ3v) is 2.77. The number of methoxy groups -OCH3 is 2. The van der Waals surface area contributed by atoms with Gasteiger partial charge in [0.05, 0.1) is 37.4 Å². The summed E-state index contributed by atoms with van der Waals surface area (Å²) in [4.78, 5) is 15.6. The van der Waals surface area contributed by atoms with Crippen molar-refractivity contribution in [1.82, 2.24) is 4.98 Å². The zero-order valence-electron chi connectivity index (χ0n) is 11.5. The average Bonchev–Trinajstić information content (AvgIpc) is 2.48. The van der Waals surface area contributed by atoms with Crippen LogP contribution >= 0.6 is 0 Å². The van der Waals surface area contributed by atoms with E-state index in [1.165, 1.54) is 32.5 Å². The highest BCUT2D eigenvalue weighted by atomic mass is 19.1. The van der Waals surface area contributed by atoms with Crippen molar-refractivity contribution in [2.75, 3.05) is 25.3 Å². The second kappa shape index (κ2) is 6.08. The molecule has 1 heterocycles. The second-order valence-corrected chi connectivity index (χ2v) is 4.14. The standard InChI is InChI=1S/C14H14FN3O3/c1-20-12-4-10(16)11(5-13(12)21-2)18-14(19)8-3-9(15)7-17-6-8/h3-7H,16H2,1-2H3,(H,18,19). The Bertz CT molecular complexity index is 677. The van der Waals surface area contributed by atoms with E-state index in [2.05, 4.69) is 10.3 Å². The van der Waals surface area contributed by atoms with Crippen LogP contribution in [0.3, 0.4) is 0 Å². The molecule has 0 aliphatic carbocycles. The third-order valence-electron chi connectivity index (χ3n) is 2.77. The smallest absolute Gasteiger partial charge is 0.257 e. The van der Waals surface area contributed by atoms with Gasteiger partial charge in [0.25, 0.3) is 5.91 Å². The minimum Gasteiger partial charge on any atom is -0.493 e. The summed E-state index contributed by atoms with van der Waals surface area (Å²) in [6.07, 6.45) is 2.27. The number of benzene rings is 1. The molecular formula is C14H14FN3O3. The average molecular weight is 291 g/mol. The second-order valence-electron chi connectivity index (χ2n) is 4.14. The van der Waals surface area contributed by atoms with Crippen LogP contribution in [-0.4, -0.2) is 25.1 Å². The fourth-order valence-corrected chi connectivity index (χ4v) is 1.73. The van der Waals surface area contributed by atoms with Gasteiger partial charge in [0.1, 0.15) is 5.82 Å². The number of hydrogen-bond acceptors (Lipinski definition) is 5. The lowest BCUT2D eigenvalue weighted by atomic mass is 10.2. The molecule has 0 saturated carbocycles. The Balaban J connectivity index is 2.29. The van der Waals surface area contributed by atoms with Gasteiger partial charge in [-0.3, -0.25) is 9.78 Å². The van der Waals surface area contributed by atoms with E-state index in [1.807, 2.05) is 0 Å². The molecule has 2 rings (SSSR count). The quantitative estimate of drug-likeness (QED) is 0.842. The van der Waals surface area contributed by atoms with Crippen LogP contribution in [0.5, 0.6) is 11.5 Å². The minimum absolute atomic E-state index is 0.0872. The molecule has 0 unspecified atom stereocenters. The molecule has 1 aromatic carbocycles. The largest absolute Gasteiger partial charge is 0.493 e. The Morgan fingerprint density at radius 1 is 1.19 bits per heavy atom. The molecule has 6 nitrogen and oxygen atoms in total. The molecule has 0 bridgehead atoms. The summed E-state index contributed by atoms with van der Waals surface area (Å²) in [5.74, 6) is -0.261. The van der Waals surface area contributed by atoms with E-state index in [4.69, 9.17) is 15.2 Å². The summed E-state index contributed by atoms with van der Waals surface area (Å²) in [6.45, 7) is 0. The summed E-state index contributed by atoms with van der Waals surface area (Å²) in [5, 5.41) is 2.57. The number of carbonyl (C=O) groups excluding carboxylic acids is 1. The zero-order valence-corrected chi connectivity index (χ0v) is 11.5. The van der Waals surface area contributed by atoms with Crippen molar-refractivity contribution < 1.29 is 18.7 Å². The van der Waals surface area contributed by atoms with Crippen LogP contribution in [0.2, 0.25) is 0 Å². The summed E-state index contributed by atoms with van der Waals surface area (Å²) < 4.78 is 23.3. The molecule has 110 valence electrons. The maximum absolute atomic E-state index is 13.1. The highest BCUT2D eigenvalue weighted by molar-refractivity contribution is 6.05. The number of aromatic nitrogens is 1. The highest BCUT2D eigenvalue weighted by Gasteiger charge is 2.13. The Morgan fingerprint density at radius 2 is 1.86 bits per heavy atom. The summed E-state index contributed by atoms with van der Waals surface area (Å²) in [7, 11) is 2.95. The number of pyridine rings is 1. The molecule has 0 radical (unpaired) electrons.